The summed E-state index contributed by atoms with van der Waals surface area (Å²) in [6.07, 6.45) is 2.00. The van der Waals surface area contributed by atoms with E-state index in [0.717, 1.165) is 0 Å². The molecule has 2 rings (SSSR count). The molecule has 1 aromatic heterocycles. The minimum atomic E-state index is 0.353. The SMILES string of the molecule is Cc1cc(C)c2cn[se]c2c1. The molecule has 0 N–H and O–H groups in total. The summed E-state index contributed by atoms with van der Waals surface area (Å²) in [5, 5.41) is 1.36. The van der Waals surface area contributed by atoms with E-state index in [0.29, 0.717) is 14.7 Å². The zero-order valence-electron chi connectivity index (χ0n) is 6.59. The topological polar surface area (TPSA) is 12.9 Å². The Morgan fingerprint density at radius 3 is 2.91 bits per heavy atom. The van der Waals surface area contributed by atoms with Crippen molar-refractivity contribution >= 4 is 24.4 Å². The van der Waals surface area contributed by atoms with Gasteiger partial charge in [0.1, 0.15) is 0 Å². The van der Waals surface area contributed by atoms with E-state index in [-0.39, 0.29) is 0 Å². The quantitative estimate of drug-likeness (QED) is 0.605. The molecular formula is C9H9NSe. The number of nitrogens with zero attached hydrogens (tertiary/aromatic N) is 1. The Morgan fingerprint density at radius 1 is 1.27 bits per heavy atom. The van der Waals surface area contributed by atoms with Crippen LogP contribution in [-0.4, -0.2) is 18.7 Å². The minimum absolute atomic E-state index is 0.353. The van der Waals surface area contributed by atoms with Crippen LogP contribution in [0.4, 0.5) is 0 Å². The van der Waals surface area contributed by atoms with Gasteiger partial charge in [0.15, 0.2) is 0 Å². The Balaban J connectivity index is 2.91. The monoisotopic (exact) mass is 211 g/mol. The van der Waals surface area contributed by atoms with Gasteiger partial charge in [-0.2, -0.15) is 0 Å². The summed E-state index contributed by atoms with van der Waals surface area (Å²) in [6, 6.07) is 4.46. The van der Waals surface area contributed by atoms with Crippen molar-refractivity contribution in [3.05, 3.63) is 29.5 Å². The first-order valence-corrected chi connectivity index (χ1v) is 5.21. The van der Waals surface area contributed by atoms with Crippen LogP contribution in [0.1, 0.15) is 11.1 Å². The fraction of sp³-hybridized carbons (Fsp3) is 0.222. The molecule has 0 radical (unpaired) electrons. The second-order valence-corrected chi connectivity index (χ2v) is 4.57. The van der Waals surface area contributed by atoms with Crippen molar-refractivity contribution < 1.29 is 0 Å². The Morgan fingerprint density at radius 2 is 2.09 bits per heavy atom. The molecule has 2 heteroatoms. The summed E-state index contributed by atoms with van der Waals surface area (Å²) in [7, 11) is 0. The number of aromatic nitrogens is 1. The van der Waals surface area contributed by atoms with Gasteiger partial charge >= 0.3 is 71.7 Å². The molecule has 0 saturated heterocycles. The Hall–Kier alpha value is -0.591. The van der Waals surface area contributed by atoms with Crippen molar-refractivity contribution in [1.82, 2.24) is 3.98 Å². The van der Waals surface area contributed by atoms with Crippen LogP contribution in [0.3, 0.4) is 0 Å². The van der Waals surface area contributed by atoms with E-state index in [1.54, 1.807) is 0 Å². The van der Waals surface area contributed by atoms with E-state index in [4.69, 9.17) is 0 Å². The number of rotatable bonds is 0. The molecule has 0 saturated carbocycles. The Labute approximate surface area is 72.0 Å². The standard InChI is InChI=1S/C9H9NSe/c1-6-3-7(2)8-5-10-11-9(8)4-6/h3-5H,1-2H3. The molecule has 0 fully saturated rings. The van der Waals surface area contributed by atoms with E-state index >= 15 is 0 Å². The third kappa shape index (κ3) is 1.13. The molecule has 0 bridgehead atoms. The second-order valence-electron chi connectivity index (χ2n) is 2.82. The molecule has 0 aliphatic heterocycles. The zero-order chi connectivity index (χ0) is 7.84. The maximum atomic E-state index is 4.29. The molecule has 11 heavy (non-hydrogen) atoms. The van der Waals surface area contributed by atoms with Gasteiger partial charge in [-0.05, 0) is 0 Å². The first kappa shape index (κ1) is 7.08. The van der Waals surface area contributed by atoms with Crippen molar-refractivity contribution in [2.24, 2.45) is 0 Å². The molecule has 1 aromatic carbocycles. The summed E-state index contributed by atoms with van der Waals surface area (Å²) in [4.78, 5) is 0. The van der Waals surface area contributed by atoms with Crippen molar-refractivity contribution in [3.8, 4) is 0 Å². The molecule has 2 aromatic rings. The molecular weight excluding hydrogens is 201 g/mol. The summed E-state index contributed by atoms with van der Waals surface area (Å²) >= 11 is 0.353. The molecule has 56 valence electrons. The Bertz CT molecular complexity index is 389. The third-order valence-electron chi connectivity index (χ3n) is 1.83. The van der Waals surface area contributed by atoms with Crippen LogP contribution in [0.15, 0.2) is 18.3 Å². The van der Waals surface area contributed by atoms with Gasteiger partial charge in [0.05, 0.1) is 0 Å². The summed E-state index contributed by atoms with van der Waals surface area (Å²) in [5.41, 5.74) is 2.72. The van der Waals surface area contributed by atoms with Crippen molar-refractivity contribution in [2.75, 3.05) is 0 Å². The molecule has 0 atom stereocenters. The number of benzene rings is 1. The molecule has 1 nitrogen and oxygen atoms in total. The normalized spacial score (nSPS) is 10.7. The summed E-state index contributed by atoms with van der Waals surface area (Å²) < 4.78 is 5.73. The number of aryl methyl sites for hydroxylation is 2. The van der Waals surface area contributed by atoms with Gasteiger partial charge in [0, 0.05) is 0 Å². The second kappa shape index (κ2) is 2.47. The zero-order valence-corrected chi connectivity index (χ0v) is 8.30. The van der Waals surface area contributed by atoms with Crippen LogP contribution < -0.4 is 0 Å². The van der Waals surface area contributed by atoms with E-state index < -0.39 is 0 Å². The number of fused-ring (bicyclic) bond motifs is 1. The first-order chi connectivity index (χ1) is 5.27. The molecule has 0 spiro atoms. The summed E-state index contributed by atoms with van der Waals surface area (Å²) in [5.74, 6) is 0. The van der Waals surface area contributed by atoms with E-state index in [1.807, 2.05) is 6.20 Å². The number of hydrogen-bond acceptors (Lipinski definition) is 1. The molecule has 0 amide bonds. The maximum absolute atomic E-state index is 4.29. The van der Waals surface area contributed by atoms with Gasteiger partial charge < -0.3 is 0 Å². The fourth-order valence-corrected chi connectivity index (χ4v) is 3.04. The molecule has 1 heterocycles. The first-order valence-electron chi connectivity index (χ1n) is 3.59. The summed E-state index contributed by atoms with van der Waals surface area (Å²) in [6.45, 7) is 4.29. The average Bonchev–Trinajstić information content (AvgIpc) is 2.34. The van der Waals surface area contributed by atoms with Crippen molar-refractivity contribution in [1.29, 1.82) is 0 Å². The van der Waals surface area contributed by atoms with E-state index in [2.05, 4.69) is 30.0 Å². The predicted octanol–water partition coefficient (Wildman–Crippen LogP) is 1.91. The van der Waals surface area contributed by atoms with Gasteiger partial charge in [-0.15, -0.1) is 0 Å². The van der Waals surface area contributed by atoms with E-state index in [9.17, 15) is 0 Å². The predicted molar refractivity (Wildman–Crippen MR) is 48.2 cm³/mol. The third-order valence-corrected chi connectivity index (χ3v) is 3.39. The van der Waals surface area contributed by atoms with E-state index in [1.165, 1.54) is 20.8 Å². The van der Waals surface area contributed by atoms with Crippen LogP contribution in [-0.2, 0) is 0 Å². The van der Waals surface area contributed by atoms with Crippen molar-refractivity contribution in [2.45, 2.75) is 13.8 Å². The van der Waals surface area contributed by atoms with Crippen molar-refractivity contribution in [3.63, 3.8) is 0 Å². The average molecular weight is 210 g/mol. The molecule has 0 unspecified atom stereocenters. The van der Waals surface area contributed by atoms with Crippen LogP contribution in [0.5, 0.6) is 0 Å². The Kier molecular flexibility index (Phi) is 1.59. The van der Waals surface area contributed by atoms with Crippen LogP contribution in [0, 0.1) is 13.8 Å². The molecule has 0 aliphatic rings. The van der Waals surface area contributed by atoms with Crippen LogP contribution in [0.2, 0.25) is 0 Å². The number of hydrogen-bond donors (Lipinski definition) is 0. The van der Waals surface area contributed by atoms with Gasteiger partial charge in [-0.1, -0.05) is 0 Å². The van der Waals surface area contributed by atoms with Gasteiger partial charge in [0.25, 0.3) is 0 Å². The molecule has 0 aliphatic carbocycles. The van der Waals surface area contributed by atoms with Gasteiger partial charge in [-0.3, -0.25) is 0 Å². The van der Waals surface area contributed by atoms with Gasteiger partial charge in [0.2, 0.25) is 0 Å². The van der Waals surface area contributed by atoms with Crippen LogP contribution >= 0.6 is 0 Å². The van der Waals surface area contributed by atoms with Gasteiger partial charge in [-0.25, -0.2) is 0 Å². The van der Waals surface area contributed by atoms with Crippen LogP contribution in [0.25, 0.3) is 9.65 Å². The fourth-order valence-electron chi connectivity index (χ4n) is 1.32.